The Morgan fingerprint density at radius 1 is 1.32 bits per heavy atom. The molecule has 0 saturated carbocycles. The predicted molar refractivity (Wildman–Crippen MR) is 102 cm³/mol. The molecule has 2 aliphatic heterocycles. The number of halogens is 1. The molecular weight excluding hydrogens is 413 g/mol. The zero-order valence-electron chi connectivity index (χ0n) is 16.5. The average molecular weight is 437 g/mol. The molecule has 4 rings (SSSR count). The first-order valence-corrected chi connectivity index (χ1v) is 9.95. The van der Waals surface area contributed by atoms with Crippen molar-refractivity contribution < 1.29 is 34.0 Å². The van der Waals surface area contributed by atoms with Crippen molar-refractivity contribution in [2.24, 2.45) is 0 Å². The second-order valence-corrected chi connectivity index (χ2v) is 7.48. The van der Waals surface area contributed by atoms with Crippen LogP contribution in [0, 0.1) is 5.82 Å². The molecule has 31 heavy (non-hydrogen) atoms. The van der Waals surface area contributed by atoms with E-state index >= 15 is 0 Å². The molecule has 2 saturated heterocycles. The van der Waals surface area contributed by atoms with Crippen LogP contribution >= 0.6 is 0 Å². The molecule has 1 aromatic carbocycles. The molecule has 12 heteroatoms. The molecule has 2 aromatic rings. The third-order valence-electron chi connectivity index (χ3n) is 5.39. The molecule has 2 fully saturated rings. The molecule has 1 amide bonds. The van der Waals surface area contributed by atoms with Gasteiger partial charge in [0.05, 0.1) is 12.8 Å². The number of rotatable bonds is 6. The fourth-order valence-corrected chi connectivity index (χ4v) is 3.74. The van der Waals surface area contributed by atoms with E-state index in [4.69, 9.17) is 9.47 Å². The highest BCUT2D eigenvalue weighted by Crippen LogP contribution is 2.30. The quantitative estimate of drug-likeness (QED) is 0.353. The van der Waals surface area contributed by atoms with Crippen LogP contribution < -0.4 is 10.9 Å². The normalized spacial score (nSPS) is 31.0. The number of hydrogen-bond acceptors (Lipinski definition) is 9. The highest BCUT2D eigenvalue weighted by molar-refractivity contribution is 5.80. The van der Waals surface area contributed by atoms with Crippen LogP contribution in [-0.4, -0.2) is 80.1 Å². The Morgan fingerprint density at radius 3 is 2.87 bits per heavy atom. The fraction of sp³-hybridized carbons (Fsp3) is 0.526. The highest BCUT2D eigenvalue weighted by Gasteiger charge is 2.46. The molecule has 168 valence electrons. The molecular formula is C19H24FN5O6. The van der Waals surface area contributed by atoms with Crippen LogP contribution in [0.2, 0.25) is 0 Å². The molecule has 0 radical (unpaired) electrons. The molecule has 1 aromatic heterocycles. The largest absolute Gasteiger partial charge is 0.394 e. The zero-order chi connectivity index (χ0) is 22.0. The summed E-state index contributed by atoms with van der Waals surface area (Å²) in [5.41, 5.74) is 5.84. The van der Waals surface area contributed by atoms with Gasteiger partial charge < -0.3 is 24.8 Å². The van der Waals surface area contributed by atoms with E-state index in [1.165, 1.54) is 29.1 Å². The molecule has 6 atom stereocenters. The minimum Gasteiger partial charge on any atom is -0.394 e. The van der Waals surface area contributed by atoms with Crippen molar-refractivity contribution in [2.45, 2.75) is 49.5 Å². The maximum Gasteiger partial charge on any atom is 0.263 e. The van der Waals surface area contributed by atoms with E-state index in [1.54, 1.807) is 6.07 Å². The van der Waals surface area contributed by atoms with E-state index in [0.717, 1.165) is 6.42 Å². The molecule has 0 bridgehead atoms. The van der Waals surface area contributed by atoms with Gasteiger partial charge in [-0.2, -0.15) is 0 Å². The molecule has 1 unspecified atom stereocenters. The lowest BCUT2D eigenvalue weighted by molar-refractivity contribution is -0.217. The average Bonchev–Trinajstić information content (AvgIpc) is 3.46. The van der Waals surface area contributed by atoms with E-state index in [1.807, 2.05) is 0 Å². The van der Waals surface area contributed by atoms with Gasteiger partial charge in [-0.15, -0.1) is 5.10 Å². The van der Waals surface area contributed by atoms with E-state index in [9.17, 15) is 24.5 Å². The lowest BCUT2D eigenvalue weighted by atomic mass is 9.95. The number of carbonyl (C=O) groups excluding carboxylic acids is 1. The van der Waals surface area contributed by atoms with Gasteiger partial charge in [-0.25, -0.2) is 14.5 Å². The van der Waals surface area contributed by atoms with E-state index in [0.29, 0.717) is 24.3 Å². The summed E-state index contributed by atoms with van der Waals surface area (Å²) in [7, 11) is 0. The Kier molecular flexibility index (Phi) is 6.55. The molecule has 5 N–H and O–H groups in total. The van der Waals surface area contributed by atoms with Gasteiger partial charge >= 0.3 is 0 Å². The van der Waals surface area contributed by atoms with Crippen molar-refractivity contribution in [3.63, 3.8) is 0 Å². The van der Waals surface area contributed by atoms with Crippen LogP contribution in [0.3, 0.4) is 0 Å². The number of amides is 1. The zero-order valence-corrected chi connectivity index (χ0v) is 16.5. The molecule has 0 aliphatic carbocycles. The van der Waals surface area contributed by atoms with Crippen molar-refractivity contribution in [3.8, 4) is 11.3 Å². The number of aliphatic hydroxyl groups is 3. The van der Waals surface area contributed by atoms with Gasteiger partial charge in [-0.05, 0) is 25.0 Å². The number of hydrazine groups is 1. The van der Waals surface area contributed by atoms with Crippen molar-refractivity contribution in [1.82, 2.24) is 25.8 Å². The molecule has 11 nitrogen and oxygen atoms in total. The standard InChI is InChI=1S/C19H24FN5O6/c20-11-4-1-3-10(7-11)12-8-25(24-21-12)15-16(27)14(9-26)31-19(17(15)28)23-22-18(29)13-5-2-6-30-13/h1,3-4,7-8,13-17,19,23,26-28H,2,5-6,9H2,(H,22,29)/t13?,14-,15+,16+,17-,19-/m0/s1. The number of carbonyl (C=O) groups is 1. The summed E-state index contributed by atoms with van der Waals surface area (Å²) in [6.07, 6.45) is -2.69. The van der Waals surface area contributed by atoms with Gasteiger partial charge in [0.15, 0.2) is 6.23 Å². The summed E-state index contributed by atoms with van der Waals surface area (Å²) in [6, 6.07) is 4.70. The topological polar surface area (TPSA) is 151 Å². The lowest BCUT2D eigenvalue weighted by Gasteiger charge is -2.42. The molecule has 0 spiro atoms. The third-order valence-corrected chi connectivity index (χ3v) is 5.39. The van der Waals surface area contributed by atoms with Crippen molar-refractivity contribution in [3.05, 3.63) is 36.3 Å². The smallest absolute Gasteiger partial charge is 0.263 e. The Hall–Kier alpha value is -2.48. The SMILES string of the molecule is O=C(NN[C@H]1O[C@@H](CO)[C@@H](O)[C@@H](n2cc(-c3cccc(F)c3)nn2)[C@@H]1O)C1CCCO1. The second kappa shape index (κ2) is 9.34. The molecule has 3 heterocycles. The summed E-state index contributed by atoms with van der Waals surface area (Å²) < 4.78 is 25.6. The van der Waals surface area contributed by atoms with E-state index in [2.05, 4.69) is 21.2 Å². The molecule has 2 aliphatic rings. The number of nitrogens with one attached hydrogen (secondary N) is 2. The van der Waals surface area contributed by atoms with Crippen LogP contribution in [0.1, 0.15) is 18.9 Å². The van der Waals surface area contributed by atoms with Gasteiger partial charge in [0.25, 0.3) is 5.91 Å². The summed E-state index contributed by atoms with van der Waals surface area (Å²) >= 11 is 0. The third kappa shape index (κ3) is 4.59. The van der Waals surface area contributed by atoms with Crippen molar-refractivity contribution >= 4 is 5.91 Å². The minimum atomic E-state index is -1.37. The Bertz CT molecular complexity index is 907. The first-order valence-electron chi connectivity index (χ1n) is 9.95. The summed E-state index contributed by atoms with van der Waals surface area (Å²) in [5.74, 6) is -0.851. The van der Waals surface area contributed by atoms with Crippen LogP contribution in [0.25, 0.3) is 11.3 Å². The van der Waals surface area contributed by atoms with Gasteiger partial charge in [-0.1, -0.05) is 17.3 Å². The predicted octanol–water partition coefficient (Wildman–Crippen LogP) is -1.14. The number of nitrogens with zero attached hydrogens (tertiary/aromatic N) is 3. The first-order chi connectivity index (χ1) is 15.0. The van der Waals surface area contributed by atoms with Gasteiger partial charge in [0, 0.05) is 12.2 Å². The maximum atomic E-state index is 13.5. The number of ether oxygens (including phenoxy) is 2. The maximum absolute atomic E-state index is 13.5. The Balaban J connectivity index is 1.51. The van der Waals surface area contributed by atoms with Crippen LogP contribution in [0.15, 0.2) is 30.5 Å². The monoisotopic (exact) mass is 437 g/mol. The summed E-state index contributed by atoms with van der Waals surface area (Å²) in [6.45, 7) is -0.0326. The van der Waals surface area contributed by atoms with E-state index < -0.39 is 55.0 Å². The second-order valence-electron chi connectivity index (χ2n) is 7.48. The Morgan fingerprint density at radius 2 is 2.16 bits per heavy atom. The minimum absolute atomic E-state index is 0.335. The highest BCUT2D eigenvalue weighted by atomic mass is 19.1. The number of hydrogen-bond donors (Lipinski definition) is 5. The fourth-order valence-electron chi connectivity index (χ4n) is 3.74. The van der Waals surface area contributed by atoms with Gasteiger partial charge in [0.1, 0.15) is 42.0 Å². The number of aliphatic hydroxyl groups excluding tert-OH is 3. The number of aromatic nitrogens is 3. The van der Waals surface area contributed by atoms with Crippen LogP contribution in [0.4, 0.5) is 4.39 Å². The first kappa shape index (κ1) is 21.7. The summed E-state index contributed by atoms with van der Waals surface area (Å²) in [4.78, 5) is 12.2. The van der Waals surface area contributed by atoms with Crippen molar-refractivity contribution in [1.29, 1.82) is 0 Å². The van der Waals surface area contributed by atoms with Gasteiger partial charge in [0.2, 0.25) is 0 Å². The number of benzene rings is 1. The van der Waals surface area contributed by atoms with Gasteiger partial charge in [-0.3, -0.25) is 10.2 Å². The van der Waals surface area contributed by atoms with Crippen LogP contribution in [-0.2, 0) is 14.3 Å². The Labute approximate surface area is 176 Å². The van der Waals surface area contributed by atoms with E-state index in [-0.39, 0.29) is 0 Å². The lowest BCUT2D eigenvalue weighted by Crippen LogP contribution is -2.63. The van der Waals surface area contributed by atoms with Crippen LogP contribution in [0.5, 0.6) is 0 Å². The van der Waals surface area contributed by atoms with Crippen molar-refractivity contribution in [2.75, 3.05) is 13.2 Å². The summed E-state index contributed by atoms with van der Waals surface area (Å²) in [5, 5.41) is 39.0.